The molecular formula is C13H11ClN2O2. The van der Waals surface area contributed by atoms with Crippen LogP contribution in [-0.2, 0) is 0 Å². The van der Waals surface area contributed by atoms with E-state index in [0.717, 1.165) is 0 Å². The van der Waals surface area contributed by atoms with Crippen LogP contribution in [0.2, 0.25) is 5.02 Å². The first-order chi connectivity index (χ1) is 8.58. The number of anilines is 2. The van der Waals surface area contributed by atoms with Crippen molar-refractivity contribution in [3.63, 3.8) is 0 Å². The molecule has 0 saturated heterocycles. The molecule has 0 aliphatic carbocycles. The predicted octanol–water partition coefficient (Wildman–Crippen LogP) is 2.88. The van der Waals surface area contributed by atoms with Gasteiger partial charge in [0.25, 0.3) is 5.91 Å². The van der Waals surface area contributed by atoms with Crippen LogP contribution < -0.4 is 11.1 Å². The first kappa shape index (κ1) is 12.3. The lowest BCUT2D eigenvalue weighted by Gasteiger charge is -2.09. The van der Waals surface area contributed by atoms with E-state index in [-0.39, 0.29) is 11.3 Å². The SMILES string of the molecule is Nc1ccccc1NC(=O)c1ccc(Cl)cc1O. The second kappa shape index (κ2) is 4.98. The molecule has 4 N–H and O–H groups in total. The molecule has 2 aromatic rings. The minimum Gasteiger partial charge on any atom is -0.507 e. The lowest BCUT2D eigenvalue weighted by Crippen LogP contribution is -2.13. The summed E-state index contributed by atoms with van der Waals surface area (Å²) >= 11 is 5.70. The Bertz CT molecular complexity index is 599. The zero-order valence-corrected chi connectivity index (χ0v) is 10.1. The van der Waals surface area contributed by atoms with Crippen molar-refractivity contribution in [1.29, 1.82) is 0 Å². The third-order valence-electron chi connectivity index (χ3n) is 2.41. The average Bonchev–Trinajstić information content (AvgIpc) is 2.32. The van der Waals surface area contributed by atoms with Crippen molar-refractivity contribution in [2.75, 3.05) is 11.1 Å². The minimum absolute atomic E-state index is 0.141. The molecule has 18 heavy (non-hydrogen) atoms. The lowest BCUT2D eigenvalue weighted by atomic mass is 10.2. The molecule has 0 unspecified atom stereocenters. The van der Waals surface area contributed by atoms with Gasteiger partial charge in [-0.05, 0) is 30.3 Å². The predicted molar refractivity (Wildman–Crippen MR) is 71.9 cm³/mol. The molecule has 4 nitrogen and oxygen atoms in total. The molecule has 0 aliphatic rings. The summed E-state index contributed by atoms with van der Waals surface area (Å²) in [6.45, 7) is 0. The Morgan fingerprint density at radius 3 is 2.61 bits per heavy atom. The third-order valence-corrected chi connectivity index (χ3v) is 2.65. The molecule has 0 saturated carbocycles. The van der Waals surface area contributed by atoms with Crippen molar-refractivity contribution in [2.24, 2.45) is 0 Å². The summed E-state index contributed by atoms with van der Waals surface area (Å²) in [5.74, 6) is -0.614. The fraction of sp³-hybridized carbons (Fsp3) is 0. The zero-order valence-electron chi connectivity index (χ0n) is 9.35. The Labute approximate surface area is 109 Å². The summed E-state index contributed by atoms with van der Waals surface area (Å²) < 4.78 is 0. The quantitative estimate of drug-likeness (QED) is 0.729. The number of nitrogens with two attached hydrogens (primary N) is 1. The normalized spacial score (nSPS) is 10.1. The highest BCUT2D eigenvalue weighted by molar-refractivity contribution is 6.31. The maximum atomic E-state index is 11.9. The van der Waals surface area contributed by atoms with Crippen molar-refractivity contribution in [2.45, 2.75) is 0 Å². The number of hydrogen-bond donors (Lipinski definition) is 3. The zero-order chi connectivity index (χ0) is 13.1. The fourth-order valence-electron chi connectivity index (χ4n) is 1.50. The van der Waals surface area contributed by atoms with Gasteiger partial charge in [-0.1, -0.05) is 23.7 Å². The maximum Gasteiger partial charge on any atom is 0.259 e. The van der Waals surface area contributed by atoms with Gasteiger partial charge in [0.2, 0.25) is 0 Å². The van der Waals surface area contributed by atoms with Crippen molar-refractivity contribution in [1.82, 2.24) is 0 Å². The summed E-state index contributed by atoms with van der Waals surface area (Å²) in [5.41, 5.74) is 6.81. The second-order valence-corrected chi connectivity index (χ2v) is 4.14. The Morgan fingerprint density at radius 1 is 1.22 bits per heavy atom. The number of para-hydroxylation sites is 2. The van der Waals surface area contributed by atoms with Gasteiger partial charge in [-0.3, -0.25) is 4.79 Å². The number of benzene rings is 2. The van der Waals surface area contributed by atoms with Gasteiger partial charge in [0.15, 0.2) is 0 Å². The summed E-state index contributed by atoms with van der Waals surface area (Å²) in [5, 5.41) is 12.6. The minimum atomic E-state index is -0.443. The molecule has 2 aromatic carbocycles. The molecule has 0 atom stereocenters. The van der Waals surface area contributed by atoms with E-state index in [4.69, 9.17) is 17.3 Å². The number of halogens is 1. The fourth-order valence-corrected chi connectivity index (χ4v) is 1.66. The molecule has 0 fully saturated rings. The van der Waals surface area contributed by atoms with Crippen LogP contribution in [0.25, 0.3) is 0 Å². The van der Waals surface area contributed by atoms with Crippen molar-refractivity contribution < 1.29 is 9.90 Å². The molecule has 0 heterocycles. The van der Waals surface area contributed by atoms with Gasteiger partial charge < -0.3 is 16.2 Å². The van der Waals surface area contributed by atoms with Gasteiger partial charge in [-0.15, -0.1) is 0 Å². The van der Waals surface area contributed by atoms with Crippen LogP contribution in [0, 0.1) is 0 Å². The van der Waals surface area contributed by atoms with E-state index in [9.17, 15) is 9.90 Å². The Hall–Kier alpha value is -2.20. The summed E-state index contributed by atoms with van der Waals surface area (Å²) in [6.07, 6.45) is 0. The first-order valence-electron chi connectivity index (χ1n) is 5.22. The summed E-state index contributed by atoms with van der Waals surface area (Å²) in [6, 6.07) is 11.2. The highest BCUT2D eigenvalue weighted by atomic mass is 35.5. The number of amides is 1. The van der Waals surface area contributed by atoms with Gasteiger partial charge in [0.05, 0.1) is 16.9 Å². The molecule has 0 radical (unpaired) electrons. The van der Waals surface area contributed by atoms with Crippen LogP contribution in [0.4, 0.5) is 11.4 Å². The molecule has 1 amide bonds. The number of rotatable bonds is 2. The van der Waals surface area contributed by atoms with E-state index in [1.165, 1.54) is 18.2 Å². The monoisotopic (exact) mass is 262 g/mol. The van der Waals surface area contributed by atoms with Gasteiger partial charge in [0.1, 0.15) is 5.75 Å². The first-order valence-corrected chi connectivity index (χ1v) is 5.60. The maximum absolute atomic E-state index is 11.9. The highest BCUT2D eigenvalue weighted by Crippen LogP contribution is 2.24. The standard InChI is InChI=1S/C13H11ClN2O2/c14-8-5-6-9(12(17)7-8)13(18)16-11-4-2-1-3-10(11)15/h1-7,17H,15H2,(H,16,18). The Balaban J connectivity index is 2.25. The number of carbonyl (C=O) groups excluding carboxylic acids is 1. The van der Waals surface area contributed by atoms with Gasteiger partial charge in [-0.25, -0.2) is 0 Å². The highest BCUT2D eigenvalue weighted by Gasteiger charge is 2.12. The van der Waals surface area contributed by atoms with Gasteiger partial charge >= 0.3 is 0 Å². The number of hydrogen-bond acceptors (Lipinski definition) is 3. The van der Waals surface area contributed by atoms with E-state index in [1.54, 1.807) is 24.3 Å². The van der Waals surface area contributed by atoms with Gasteiger partial charge in [0, 0.05) is 5.02 Å². The number of aromatic hydroxyl groups is 1. The summed E-state index contributed by atoms with van der Waals surface area (Å²) in [7, 11) is 0. The number of phenols is 1. The number of carbonyl (C=O) groups is 1. The molecule has 0 spiro atoms. The van der Waals surface area contributed by atoms with Crippen molar-refractivity contribution >= 4 is 28.9 Å². The molecule has 2 rings (SSSR count). The van der Waals surface area contributed by atoms with E-state index in [1.807, 2.05) is 0 Å². The van der Waals surface area contributed by atoms with E-state index >= 15 is 0 Å². The third kappa shape index (κ3) is 2.55. The van der Waals surface area contributed by atoms with Crippen LogP contribution in [-0.4, -0.2) is 11.0 Å². The number of phenolic OH excluding ortho intramolecular Hbond substituents is 1. The summed E-state index contributed by atoms with van der Waals surface area (Å²) in [4.78, 5) is 11.9. The smallest absolute Gasteiger partial charge is 0.259 e. The van der Waals surface area contributed by atoms with Crippen LogP contribution in [0.5, 0.6) is 5.75 Å². The number of nitrogens with one attached hydrogen (secondary N) is 1. The van der Waals surface area contributed by atoms with E-state index in [2.05, 4.69) is 5.32 Å². The van der Waals surface area contributed by atoms with Crippen molar-refractivity contribution in [3.05, 3.63) is 53.1 Å². The Kier molecular flexibility index (Phi) is 3.39. The molecular weight excluding hydrogens is 252 g/mol. The molecule has 0 bridgehead atoms. The molecule has 5 heteroatoms. The van der Waals surface area contributed by atoms with Crippen LogP contribution >= 0.6 is 11.6 Å². The average molecular weight is 263 g/mol. The van der Waals surface area contributed by atoms with E-state index in [0.29, 0.717) is 16.4 Å². The van der Waals surface area contributed by atoms with Crippen LogP contribution in [0.1, 0.15) is 10.4 Å². The molecule has 0 aliphatic heterocycles. The van der Waals surface area contributed by atoms with E-state index < -0.39 is 5.91 Å². The van der Waals surface area contributed by atoms with Crippen molar-refractivity contribution in [3.8, 4) is 5.75 Å². The van der Waals surface area contributed by atoms with Crippen LogP contribution in [0.3, 0.4) is 0 Å². The molecule has 92 valence electrons. The largest absolute Gasteiger partial charge is 0.507 e. The lowest BCUT2D eigenvalue weighted by molar-refractivity contribution is 0.102. The van der Waals surface area contributed by atoms with Gasteiger partial charge in [-0.2, -0.15) is 0 Å². The molecule has 0 aromatic heterocycles. The Morgan fingerprint density at radius 2 is 1.94 bits per heavy atom. The number of nitrogen functional groups attached to an aromatic ring is 1. The second-order valence-electron chi connectivity index (χ2n) is 3.70. The topological polar surface area (TPSA) is 75.3 Å². The van der Waals surface area contributed by atoms with Crippen LogP contribution in [0.15, 0.2) is 42.5 Å².